The van der Waals surface area contributed by atoms with E-state index in [9.17, 15) is 13.2 Å². The minimum atomic E-state index is -3.61. The van der Waals surface area contributed by atoms with Gasteiger partial charge in [-0.1, -0.05) is 6.92 Å². The van der Waals surface area contributed by atoms with Crippen LogP contribution in [-0.2, 0) is 14.8 Å². The van der Waals surface area contributed by atoms with Crippen molar-refractivity contribution in [3.8, 4) is 11.3 Å². The molecule has 9 nitrogen and oxygen atoms in total. The van der Waals surface area contributed by atoms with Crippen molar-refractivity contribution < 1.29 is 13.2 Å². The number of piperazine rings is 1. The third kappa shape index (κ3) is 5.35. The molecule has 0 radical (unpaired) electrons. The molecule has 3 aromatic rings. The Morgan fingerprint density at radius 3 is 2.24 bits per heavy atom. The zero-order valence-corrected chi connectivity index (χ0v) is 19.2. The Morgan fingerprint density at radius 1 is 0.939 bits per heavy atom. The minimum absolute atomic E-state index is 0.0823. The quantitative estimate of drug-likeness (QED) is 0.570. The molecule has 0 saturated carbocycles. The van der Waals surface area contributed by atoms with Crippen LogP contribution < -0.4 is 10.2 Å². The van der Waals surface area contributed by atoms with Gasteiger partial charge in [0.25, 0.3) is 0 Å². The van der Waals surface area contributed by atoms with Gasteiger partial charge in [0.1, 0.15) is 0 Å². The Morgan fingerprint density at radius 2 is 1.64 bits per heavy atom. The molecule has 33 heavy (non-hydrogen) atoms. The molecule has 4 rings (SSSR count). The van der Waals surface area contributed by atoms with E-state index in [-0.39, 0.29) is 10.8 Å². The van der Waals surface area contributed by atoms with Gasteiger partial charge in [0, 0.05) is 56.2 Å². The average Bonchev–Trinajstić information content (AvgIpc) is 2.85. The molecule has 1 aliphatic heterocycles. The van der Waals surface area contributed by atoms with E-state index < -0.39 is 10.0 Å². The van der Waals surface area contributed by atoms with Gasteiger partial charge in [-0.2, -0.15) is 4.31 Å². The first-order chi connectivity index (χ1) is 16.0. The van der Waals surface area contributed by atoms with Crippen LogP contribution in [0, 0.1) is 0 Å². The molecule has 10 heteroatoms. The number of rotatable bonds is 7. The molecule has 1 fully saturated rings. The zero-order valence-electron chi connectivity index (χ0n) is 18.4. The van der Waals surface area contributed by atoms with Crippen molar-refractivity contribution in [3.05, 3.63) is 60.9 Å². The van der Waals surface area contributed by atoms with Crippen molar-refractivity contribution in [1.29, 1.82) is 0 Å². The van der Waals surface area contributed by atoms with Gasteiger partial charge in [0.15, 0.2) is 5.82 Å². The summed E-state index contributed by atoms with van der Waals surface area (Å²) in [6, 6.07) is 13.9. The molecule has 3 heterocycles. The summed E-state index contributed by atoms with van der Waals surface area (Å²) in [6.45, 7) is 3.68. The fourth-order valence-electron chi connectivity index (χ4n) is 3.64. The summed E-state index contributed by atoms with van der Waals surface area (Å²) in [7, 11) is -3.61. The molecule has 0 atom stereocenters. The SMILES string of the molecule is CCCC(=O)Nc1ccc(S(=O)(=O)N2CCN(c3ccc(-c4ccncc4)nn3)CC2)cc1. The smallest absolute Gasteiger partial charge is 0.243 e. The van der Waals surface area contributed by atoms with E-state index in [1.807, 2.05) is 36.1 Å². The van der Waals surface area contributed by atoms with Crippen molar-refractivity contribution in [1.82, 2.24) is 19.5 Å². The fraction of sp³-hybridized carbons (Fsp3) is 0.304. The summed E-state index contributed by atoms with van der Waals surface area (Å²) >= 11 is 0. The molecular formula is C23H26N6O3S. The van der Waals surface area contributed by atoms with Crippen LogP contribution >= 0.6 is 0 Å². The molecule has 1 aliphatic rings. The lowest BCUT2D eigenvalue weighted by Crippen LogP contribution is -2.49. The molecular weight excluding hydrogens is 440 g/mol. The lowest BCUT2D eigenvalue weighted by atomic mass is 10.2. The summed E-state index contributed by atoms with van der Waals surface area (Å²) in [4.78, 5) is 18.0. The summed E-state index contributed by atoms with van der Waals surface area (Å²) < 4.78 is 27.6. The number of pyridine rings is 1. The lowest BCUT2D eigenvalue weighted by molar-refractivity contribution is -0.116. The molecule has 0 aliphatic carbocycles. The summed E-state index contributed by atoms with van der Waals surface area (Å²) in [5.41, 5.74) is 2.29. The molecule has 172 valence electrons. The van der Waals surface area contributed by atoms with E-state index >= 15 is 0 Å². The number of aromatic nitrogens is 3. The van der Waals surface area contributed by atoms with Crippen LogP contribution in [0.2, 0.25) is 0 Å². The first-order valence-corrected chi connectivity index (χ1v) is 12.3. The Balaban J connectivity index is 1.37. The number of carbonyl (C=O) groups excluding carboxylic acids is 1. The maximum absolute atomic E-state index is 13.1. The van der Waals surface area contributed by atoms with Crippen LogP contribution in [0.15, 0.2) is 65.8 Å². The van der Waals surface area contributed by atoms with Crippen LogP contribution in [-0.4, -0.2) is 60.0 Å². The largest absolute Gasteiger partial charge is 0.352 e. The van der Waals surface area contributed by atoms with Crippen LogP contribution in [0.3, 0.4) is 0 Å². The Kier molecular flexibility index (Phi) is 6.95. The first-order valence-electron chi connectivity index (χ1n) is 10.9. The van der Waals surface area contributed by atoms with Gasteiger partial charge in [0.2, 0.25) is 15.9 Å². The molecule has 0 spiro atoms. The maximum atomic E-state index is 13.1. The lowest BCUT2D eigenvalue weighted by Gasteiger charge is -2.34. The number of hydrogen-bond donors (Lipinski definition) is 1. The van der Waals surface area contributed by atoms with Gasteiger partial charge in [-0.05, 0) is 55.0 Å². The van der Waals surface area contributed by atoms with Crippen LogP contribution in [0.1, 0.15) is 19.8 Å². The second-order valence-corrected chi connectivity index (χ2v) is 9.66. The van der Waals surface area contributed by atoms with Gasteiger partial charge < -0.3 is 10.2 Å². The van der Waals surface area contributed by atoms with E-state index in [0.717, 1.165) is 23.5 Å². The number of carbonyl (C=O) groups is 1. The molecule has 1 N–H and O–H groups in total. The van der Waals surface area contributed by atoms with Gasteiger partial charge in [0.05, 0.1) is 10.6 Å². The van der Waals surface area contributed by atoms with Gasteiger partial charge >= 0.3 is 0 Å². The van der Waals surface area contributed by atoms with Gasteiger partial charge in [-0.3, -0.25) is 9.78 Å². The summed E-state index contributed by atoms with van der Waals surface area (Å²) in [5, 5.41) is 11.4. The average molecular weight is 467 g/mol. The summed E-state index contributed by atoms with van der Waals surface area (Å²) in [5.74, 6) is 0.637. The molecule has 1 amide bonds. The molecule has 0 bridgehead atoms. The van der Waals surface area contributed by atoms with Crippen molar-refractivity contribution in [2.75, 3.05) is 36.4 Å². The van der Waals surface area contributed by atoms with Crippen molar-refractivity contribution in [3.63, 3.8) is 0 Å². The predicted octanol–water partition coefficient (Wildman–Crippen LogP) is 2.79. The van der Waals surface area contributed by atoms with E-state index in [1.54, 1.807) is 24.5 Å². The predicted molar refractivity (Wildman–Crippen MR) is 126 cm³/mol. The first kappa shape index (κ1) is 22.8. The Hall–Kier alpha value is -3.37. The topological polar surface area (TPSA) is 108 Å². The van der Waals surface area contributed by atoms with E-state index in [4.69, 9.17) is 0 Å². The fourth-order valence-corrected chi connectivity index (χ4v) is 5.06. The van der Waals surface area contributed by atoms with E-state index in [1.165, 1.54) is 16.4 Å². The third-order valence-corrected chi connectivity index (χ3v) is 7.35. The number of benzene rings is 1. The number of nitrogens with one attached hydrogen (secondary N) is 1. The molecule has 2 aromatic heterocycles. The van der Waals surface area contributed by atoms with Gasteiger partial charge in [-0.25, -0.2) is 8.42 Å². The second-order valence-electron chi connectivity index (χ2n) is 7.73. The van der Waals surface area contributed by atoms with E-state index in [2.05, 4.69) is 20.5 Å². The van der Waals surface area contributed by atoms with Crippen molar-refractivity contribution in [2.45, 2.75) is 24.7 Å². The number of hydrogen-bond acceptors (Lipinski definition) is 7. The Bertz CT molecular complexity index is 1180. The van der Waals surface area contributed by atoms with Gasteiger partial charge in [-0.15, -0.1) is 10.2 Å². The highest BCUT2D eigenvalue weighted by Crippen LogP contribution is 2.23. The highest BCUT2D eigenvalue weighted by Gasteiger charge is 2.29. The Labute approximate surface area is 193 Å². The van der Waals surface area contributed by atoms with Crippen LogP contribution in [0.4, 0.5) is 11.5 Å². The number of nitrogens with zero attached hydrogens (tertiary/aromatic N) is 5. The highest BCUT2D eigenvalue weighted by atomic mass is 32.2. The maximum Gasteiger partial charge on any atom is 0.243 e. The third-order valence-electron chi connectivity index (χ3n) is 5.44. The number of sulfonamides is 1. The molecule has 0 unspecified atom stereocenters. The molecule has 1 aromatic carbocycles. The van der Waals surface area contributed by atoms with E-state index in [0.29, 0.717) is 38.3 Å². The number of anilines is 2. The van der Waals surface area contributed by atoms with Crippen molar-refractivity contribution >= 4 is 27.4 Å². The highest BCUT2D eigenvalue weighted by molar-refractivity contribution is 7.89. The zero-order chi connectivity index (χ0) is 23.3. The van der Waals surface area contributed by atoms with Crippen molar-refractivity contribution in [2.24, 2.45) is 0 Å². The van der Waals surface area contributed by atoms with Crippen LogP contribution in [0.5, 0.6) is 0 Å². The monoisotopic (exact) mass is 466 g/mol. The van der Waals surface area contributed by atoms with Crippen LogP contribution in [0.25, 0.3) is 11.3 Å². The normalized spacial score (nSPS) is 14.8. The summed E-state index contributed by atoms with van der Waals surface area (Å²) in [6.07, 6.45) is 4.60. The second kappa shape index (κ2) is 10.1. The minimum Gasteiger partial charge on any atom is -0.352 e. The number of amides is 1. The standard InChI is InChI=1S/C23H26N6O3S/c1-2-3-23(30)25-19-4-6-20(7-5-19)33(31,32)29-16-14-28(15-17-29)22-9-8-21(26-27-22)18-10-12-24-13-11-18/h4-13H,2-3,14-17H2,1H3,(H,25,30). The molecule has 1 saturated heterocycles.